The lowest BCUT2D eigenvalue weighted by Gasteiger charge is -2.03. The Bertz CT molecular complexity index is 490. The number of aromatic nitrogens is 3. The molecule has 7 heteroatoms. The van der Waals surface area contributed by atoms with E-state index in [0.717, 1.165) is 0 Å². The van der Waals surface area contributed by atoms with Gasteiger partial charge in [0.1, 0.15) is 11.0 Å². The second-order valence-electron chi connectivity index (χ2n) is 3.04. The van der Waals surface area contributed by atoms with Gasteiger partial charge in [-0.2, -0.15) is 5.10 Å². The molecule has 0 saturated heterocycles. The average Bonchev–Trinajstić information content (AvgIpc) is 2.68. The van der Waals surface area contributed by atoms with Gasteiger partial charge in [-0.25, -0.2) is 4.98 Å². The molecule has 0 fully saturated rings. The number of anilines is 2. The average molecular weight is 238 g/mol. The topological polar surface area (TPSA) is 96.7 Å². The van der Waals surface area contributed by atoms with E-state index in [1.807, 2.05) is 0 Å². The van der Waals surface area contributed by atoms with E-state index in [2.05, 4.69) is 20.5 Å². The highest BCUT2D eigenvalue weighted by Crippen LogP contribution is 2.13. The number of halogens is 1. The smallest absolute Gasteiger partial charge is 0.255 e. The molecular weight excluding hydrogens is 230 g/mol. The van der Waals surface area contributed by atoms with Crippen molar-refractivity contribution in [2.45, 2.75) is 0 Å². The van der Waals surface area contributed by atoms with Crippen LogP contribution in [0, 0.1) is 0 Å². The molecule has 82 valence electrons. The van der Waals surface area contributed by atoms with Gasteiger partial charge in [0.2, 0.25) is 0 Å². The van der Waals surface area contributed by atoms with E-state index in [1.165, 1.54) is 18.3 Å². The summed E-state index contributed by atoms with van der Waals surface area (Å²) in [5.41, 5.74) is 6.39. The third-order valence-electron chi connectivity index (χ3n) is 1.83. The van der Waals surface area contributed by atoms with Crippen molar-refractivity contribution in [2.75, 3.05) is 11.1 Å². The Morgan fingerprint density at radius 2 is 2.31 bits per heavy atom. The Kier molecular flexibility index (Phi) is 2.74. The number of pyridine rings is 1. The van der Waals surface area contributed by atoms with Gasteiger partial charge >= 0.3 is 0 Å². The number of nitrogens with two attached hydrogens (primary N) is 1. The van der Waals surface area contributed by atoms with Crippen LogP contribution in [0.3, 0.4) is 0 Å². The summed E-state index contributed by atoms with van der Waals surface area (Å²) in [7, 11) is 0. The third-order valence-corrected chi connectivity index (χ3v) is 2.03. The molecule has 2 aromatic heterocycles. The number of carbonyl (C=O) groups excluding carboxylic acids is 1. The molecule has 0 saturated carbocycles. The quantitative estimate of drug-likeness (QED) is 0.686. The summed E-state index contributed by atoms with van der Waals surface area (Å²) < 4.78 is 0. The molecule has 0 aromatic carbocycles. The predicted molar refractivity (Wildman–Crippen MR) is 60.2 cm³/mol. The van der Waals surface area contributed by atoms with Crippen molar-refractivity contribution in [1.82, 2.24) is 15.2 Å². The molecule has 0 aliphatic rings. The lowest BCUT2D eigenvalue weighted by molar-refractivity contribution is 0.102. The van der Waals surface area contributed by atoms with Gasteiger partial charge in [-0.3, -0.25) is 9.89 Å². The van der Waals surface area contributed by atoms with Gasteiger partial charge in [0.15, 0.2) is 0 Å². The number of aromatic amines is 1. The van der Waals surface area contributed by atoms with E-state index < -0.39 is 0 Å². The molecule has 1 amide bonds. The molecule has 2 heterocycles. The number of H-pyrrole nitrogens is 1. The molecule has 0 aliphatic carbocycles. The number of carbonyl (C=O) groups is 1. The van der Waals surface area contributed by atoms with Gasteiger partial charge in [-0.1, -0.05) is 11.6 Å². The SMILES string of the molecule is Nc1cc(C(=O)Nc2cn[nH]c2)cc(Cl)n1. The van der Waals surface area contributed by atoms with E-state index in [0.29, 0.717) is 11.3 Å². The fraction of sp³-hybridized carbons (Fsp3) is 0. The molecule has 0 radical (unpaired) electrons. The summed E-state index contributed by atoms with van der Waals surface area (Å²) >= 11 is 5.69. The largest absolute Gasteiger partial charge is 0.384 e. The third kappa shape index (κ3) is 2.29. The summed E-state index contributed by atoms with van der Waals surface area (Å²) in [5, 5.41) is 9.08. The molecule has 0 aliphatic heterocycles. The van der Waals surface area contributed by atoms with E-state index in [9.17, 15) is 4.79 Å². The maximum absolute atomic E-state index is 11.7. The molecule has 2 aromatic rings. The summed E-state index contributed by atoms with van der Waals surface area (Å²) in [5.74, 6) is -0.123. The first-order valence-electron chi connectivity index (χ1n) is 4.38. The maximum atomic E-state index is 11.7. The van der Waals surface area contributed by atoms with Crippen molar-refractivity contribution in [1.29, 1.82) is 0 Å². The Morgan fingerprint density at radius 1 is 1.50 bits per heavy atom. The van der Waals surface area contributed by atoms with Crippen molar-refractivity contribution in [2.24, 2.45) is 0 Å². The normalized spacial score (nSPS) is 10.1. The highest BCUT2D eigenvalue weighted by atomic mass is 35.5. The van der Waals surface area contributed by atoms with Crippen LogP contribution in [0.4, 0.5) is 11.5 Å². The first kappa shape index (κ1) is 10.4. The first-order chi connectivity index (χ1) is 7.65. The highest BCUT2D eigenvalue weighted by molar-refractivity contribution is 6.30. The zero-order valence-corrected chi connectivity index (χ0v) is 8.82. The summed E-state index contributed by atoms with van der Waals surface area (Å²) in [6, 6.07) is 2.88. The monoisotopic (exact) mass is 237 g/mol. The van der Waals surface area contributed by atoms with Crippen LogP contribution < -0.4 is 11.1 Å². The molecule has 2 rings (SSSR count). The van der Waals surface area contributed by atoms with Crippen LogP contribution in [0.5, 0.6) is 0 Å². The molecular formula is C9H8ClN5O. The van der Waals surface area contributed by atoms with Crippen LogP contribution >= 0.6 is 11.6 Å². The van der Waals surface area contributed by atoms with Crippen molar-refractivity contribution in [3.05, 3.63) is 35.2 Å². The number of hydrogen-bond donors (Lipinski definition) is 3. The van der Waals surface area contributed by atoms with Crippen molar-refractivity contribution < 1.29 is 4.79 Å². The maximum Gasteiger partial charge on any atom is 0.255 e. The van der Waals surface area contributed by atoms with Gasteiger partial charge in [0.05, 0.1) is 11.9 Å². The summed E-state index contributed by atoms with van der Waals surface area (Å²) in [6.45, 7) is 0. The minimum Gasteiger partial charge on any atom is -0.384 e. The van der Waals surface area contributed by atoms with Crippen LogP contribution in [0.2, 0.25) is 5.15 Å². The van der Waals surface area contributed by atoms with Crippen LogP contribution in [0.1, 0.15) is 10.4 Å². The second-order valence-corrected chi connectivity index (χ2v) is 3.43. The van der Waals surface area contributed by atoms with Gasteiger partial charge in [0.25, 0.3) is 5.91 Å². The van der Waals surface area contributed by atoms with Crippen LogP contribution in [-0.2, 0) is 0 Å². The van der Waals surface area contributed by atoms with E-state index >= 15 is 0 Å². The van der Waals surface area contributed by atoms with Crippen LogP contribution in [0.25, 0.3) is 0 Å². The van der Waals surface area contributed by atoms with E-state index in [4.69, 9.17) is 17.3 Å². The number of nitrogens with zero attached hydrogens (tertiary/aromatic N) is 2. The summed E-state index contributed by atoms with van der Waals surface area (Å²) in [6.07, 6.45) is 3.05. The van der Waals surface area contributed by atoms with Crippen molar-refractivity contribution in [3.8, 4) is 0 Å². The standard InChI is InChI=1S/C9H8ClN5O/c10-7-1-5(2-8(11)15-7)9(16)14-6-3-12-13-4-6/h1-4H,(H2,11,15)(H,12,13)(H,14,16). The number of nitrogen functional groups attached to an aromatic ring is 1. The number of nitrogens with one attached hydrogen (secondary N) is 2. The van der Waals surface area contributed by atoms with E-state index in [1.54, 1.807) is 6.20 Å². The number of amides is 1. The molecule has 16 heavy (non-hydrogen) atoms. The number of hydrogen-bond acceptors (Lipinski definition) is 4. The molecule has 4 N–H and O–H groups in total. The zero-order chi connectivity index (χ0) is 11.5. The minimum atomic E-state index is -0.322. The molecule has 0 spiro atoms. The fourth-order valence-corrected chi connectivity index (χ4v) is 1.39. The Hall–Kier alpha value is -2.08. The first-order valence-corrected chi connectivity index (χ1v) is 4.76. The minimum absolute atomic E-state index is 0.178. The highest BCUT2D eigenvalue weighted by Gasteiger charge is 2.08. The van der Waals surface area contributed by atoms with Gasteiger partial charge in [-0.05, 0) is 12.1 Å². The predicted octanol–water partition coefficient (Wildman–Crippen LogP) is 1.29. The Labute approximate surface area is 95.8 Å². The molecule has 6 nitrogen and oxygen atoms in total. The number of rotatable bonds is 2. The summed E-state index contributed by atoms with van der Waals surface area (Å²) in [4.78, 5) is 15.5. The molecule has 0 bridgehead atoms. The second kappa shape index (κ2) is 4.19. The van der Waals surface area contributed by atoms with Crippen molar-refractivity contribution in [3.63, 3.8) is 0 Å². The van der Waals surface area contributed by atoms with E-state index in [-0.39, 0.29) is 16.9 Å². The Balaban J connectivity index is 2.21. The Morgan fingerprint density at radius 3 is 2.94 bits per heavy atom. The van der Waals surface area contributed by atoms with Crippen LogP contribution in [0.15, 0.2) is 24.5 Å². The van der Waals surface area contributed by atoms with Gasteiger partial charge in [0, 0.05) is 11.8 Å². The molecule has 0 unspecified atom stereocenters. The van der Waals surface area contributed by atoms with Gasteiger partial charge < -0.3 is 11.1 Å². The van der Waals surface area contributed by atoms with Gasteiger partial charge in [-0.15, -0.1) is 0 Å². The zero-order valence-electron chi connectivity index (χ0n) is 8.07. The lowest BCUT2D eigenvalue weighted by Crippen LogP contribution is -2.12. The fourth-order valence-electron chi connectivity index (χ4n) is 1.17. The van der Waals surface area contributed by atoms with Crippen molar-refractivity contribution >= 4 is 29.0 Å². The molecule has 0 atom stereocenters. The lowest BCUT2D eigenvalue weighted by atomic mass is 10.2. The van der Waals surface area contributed by atoms with Crippen LogP contribution in [-0.4, -0.2) is 21.1 Å².